The Labute approximate surface area is 93.5 Å². The lowest BCUT2D eigenvalue weighted by Crippen LogP contribution is -2.53. The normalized spacial score (nSPS) is 20.8. The number of aromatic nitrogens is 1. The van der Waals surface area contributed by atoms with Crippen LogP contribution in [0.3, 0.4) is 0 Å². The van der Waals surface area contributed by atoms with Crippen molar-refractivity contribution in [3.05, 3.63) is 30.1 Å². The average molecular weight is 219 g/mol. The summed E-state index contributed by atoms with van der Waals surface area (Å²) in [5.74, 6) is -0.359. The second-order valence-corrected chi connectivity index (χ2v) is 3.94. The highest BCUT2D eigenvalue weighted by atomic mass is 16.2. The molecule has 5 nitrogen and oxygen atoms in total. The fourth-order valence-corrected chi connectivity index (χ4v) is 1.65. The molecule has 1 N–H and O–H groups in total. The summed E-state index contributed by atoms with van der Waals surface area (Å²) in [7, 11) is 0. The number of nitrogens with zero attached hydrogens (tertiary/aromatic N) is 2. The van der Waals surface area contributed by atoms with Crippen molar-refractivity contribution in [2.75, 3.05) is 6.54 Å². The van der Waals surface area contributed by atoms with Gasteiger partial charge in [0.15, 0.2) is 0 Å². The van der Waals surface area contributed by atoms with Gasteiger partial charge in [-0.05, 0) is 11.6 Å². The van der Waals surface area contributed by atoms with E-state index in [0.717, 1.165) is 5.56 Å². The van der Waals surface area contributed by atoms with E-state index >= 15 is 0 Å². The van der Waals surface area contributed by atoms with Gasteiger partial charge in [-0.1, -0.05) is 13.0 Å². The van der Waals surface area contributed by atoms with Gasteiger partial charge in [-0.3, -0.25) is 15.1 Å². The van der Waals surface area contributed by atoms with Gasteiger partial charge in [-0.25, -0.2) is 4.79 Å². The summed E-state index contributed by atoms with van der Waals surface area (Å²) in [6, 6.07) is 3.40. The third-order valence-corrected chi connectivity index (χ3v) is 2.56. The number of hydrogen-bond acceptors (Lipinski definition) is 3. The molecule has 3 amide bonds. The number of amides is 3. The minimum absolute atomic E-state index is 0.158. The van der Waals surface area contributed by atoms with E-state index in [-0.39, 0.29) is 17.9 Å². The van der Waals surface area contributed by atoms with Crippen LogP contribution in [-0.2, 0) is 11.3 Å². The van der Waals surface area contributed by atoms with Crippen molar-refractivity contribution in [3.63, 3.8) is 0 Å². The van der Waals surface area contributed by atoms with Gasteiger partial charge in [0.1, 0.15) is 0 Å². The van der Waals surface area contributed by atoms with E-state index in [0.29, 0.717) is 13.1 Å². The van der Waals surface area contributed by atoms with Crippen LogP contribution in [0.1, 0.15) is 12.5 Å². The molecule has 0 aromatic carbocycles. The van der Waals surface area contributed by atoms with E-state index in [9.17, 15) is 9.59 Å². The molecule has 1 atom stereocenters. The van der Waals surface area contributed by atoms with Gasteiger partial charge in [-0.2, -0.15) is 0 Å². The van der Waals surface area contributed by atoms with Crippen molar-refractivity contribution < 1.29 is 9.59 Å². The molecule has 1 fully saturated rings. The lowest BCUT2D eigenvalue weighted by Gasteiger charge is -2.30. The molecule has 16 heavy (non-hydrogen) atoms. The molecule has 1 aromatic rings. The quantitative estimate of drug-likeness (QED) is 0.799. The van der Waals surface area contributed by atoms with Crippen LogP contribution in [0.25, 0.3) is 0 Å². The molecule has 1 unspecified atom stereocenters. The number of carbonyl (C=O) groups excluding carboxylic acids is 2. The highest BCUT2D eigenvalue weighted by Gasteiger charge is 2.28. The van der Waals surface area contributed by atoms with E-state index in [1.807, 2.05) is 12.1 Å². The summed E-state index contributed by atoms with van der Waals surface area (Å²) in [5.41, 5.74) is 0.958. The Kier molecular flexibility index (Phi) is 2.85. The van der Waals surface area contributed by atoms with E-state index < -0.39 is 0 Å². The molecule has 0 spiro atoms. The molecule has 1 aliphatic rings. The SMILES string of the molecule is CC1CN(Cc2cccnc2)C(=O)NC1=O. The molecular formula is C11H13N3O2. The Morgan fingerprint density at radius 2 is 2.38 bits per heavy atom. The van der Waals surface area contributed by atoms with Gasteiger partial charge in [0, 0.05) is 25.5 Å². The summed E-state index contributed by atoms with van der Waals surface area (Å²) in [6.45, 7) is 2.74. The van der Waals surface area contributed by atoms with E-state index in [1.165, 1.54) is 0 Å². The van der Waals surface area contributed by atoms with Crippen molar-refractivity contribution in [2.45, 2.75) is 13.5 Å². The van der Waals surface area contributed by atoms with Crippen molar-refractivity contribution in [1.82, 2.24) is 15.2 Å². The average Bonchev–Trinajstić information content (AvgIpc) is 2.27. The van der Waals surface area contributed by atoms with Crippen LogP contribution in [0.2, 0.25) is 0 Å². The number of pyridine rings is 1. The summed E-state index contributed by atoms with van der Waals surface area (Å²) < 4.78 is 0. The van der Waals surface area contributed by atoms with Gasteiger partial charge >= 0.3 is 6.03 Å². The van der Waals surface area contributed by atoms with Crippen molar-refractivity contribution in [3.8, 4) is 0 Å². The third kappa shape index (κ3) is 2.18. The number of urea groups is 1. The zero-order chi connectivity index (χ0) is 11.5. The van der Waals surface area contributed by atoms with Crippen LogP contribution >= 0.6 is 0 Å². The van der Waals surface area contributed by atoms with Crippen LogP contribution in [0, 0.1) is 5.92 Å². The molecule has 0 bridgehead atoms. The minimum Gasteiger partial charge on any atom is -0.319 e. The van der Waals surface area contributed by atoms with E-state index in [1.54, 1.807) is 24.2 Å². The monoisotopic (exact) mass is 219 g/mol. The molecule has 5 heteroatoms. The molecule has 1 aromatic heterocycles. The van der Waals surface area contributed by atoms with Crippen molar-refractivity contribution in [1.29, 1.82) is 0 Å². The van der Waals surface area contributed by atoms with Crippen LogP contribution in [0.4, 0.5) is 4.79 Å². The summed E-state index contributed by atoms with van der Waals surface area (Å²) >= 11 is 0. The first-order valence-electron chi connectivity index (χ1n) is 5.15. The molecular weight excluding hydrogens is 206 g/mol. The van der Waals surface area contributed by atoms with Gasteiger partial charge in [-0.15, -0.1) is 0 Å². The second kappa shape index (κ2) is 4.30. The fraction of sp³-hybridized carbons (Fsp3) is 0.364. The molecule has 0 saturated carbocycles. The maximum atomic E-state index is 11.5. The minimum atomic E-state index is -0.327. The van der Waals surface area contributed by atoms with Crippen molar-refractivity contribution >= 4 is 11.9 Å². The Bertz CT molecular complexity index is 405. The lowest BCUT2D eigenvalue weighted by molar-refractivity contribution is -0.125. The van der Waals surface area contributed by atoms with Crippen LogP contribution < -0.4 is 5.32 Å². The predicted octanol–water partition coefficient (Wildman–Crippen LogP) is 0.769. The molecule has 2 heterocycles. The van der Waals surface area contributed by atoms with Crippen LogP contribution in [-0.4, -0.2) is 28.4 Å². The number of rotatable bonds is 2. The first-order chi connectivity index (χ1) is 7.66. The molecule has 2 rings (SSSR count). The van der Waals surface area contributed by atoms with Gasteiger partial charge in [0.25, 0.3) is 0 Å². The van der Waals surface area contributed by atoms with Gasteiger partial charge < -0.3 is 4.90 Å². The summed E-state index contributed by atoms with van der Waals surface area (Å²) in [4.78, 5) is 28.4. The number of imide groups is 1. The predicted molar refractivity (Wildman–Crippen MR) is 57.3 cm³/mol. The van der Waals surface area contributed by atoms with Crippen LogP contribution in [0.5, 0.6) is 0 Å². The number of nitrogens with one attached hydrogen (secondary N) is 1. The first kappa shape index (κ1) is 10.6. The molecule has 84 valence electrons. The number of carbonyl (C=O) groups is 2. The second-order valence-electron chi connectivity index (χ2n) is 3.94. The van der Waals surface area contributed by atoms with Gasteiger partial charge in [0.2, 0.25) is 5.91 Å². The first-order valence-corrected chi connectivity index (χ1v) is 5.15. The lowest BCUT2D eigenvalue weighted by atomic mass is 10.1. The largest absolute Gasteiger partial charge is 0.324 e. The maximum Gasteiger partial charge on any atom is 0.324 e. The highest BCUT2D eigenvalue weighted by Crippen LogP contribution is 2.11. The smallest absolute Gasteiger partial charge is 0.319 e. The Balaban J connectivity index is 2.05. The third-order valence-electron chi connectivity index (χ3n) is 2.56. The summed E-state index contributed by atoms with van der Waals surface area (Å²) in [6.07, 6.45) is 3.40. The Hall–Kier alpha value is -1.91. The highest BCUT2D eigenvalue weighted by molar-refractivity contribution is 5.97. The Morgan fingerprint density at radius 1 is 1.56 bits per heavy atom. The molecule has 0 aliphatic carbocycles. The van der Waals surface area contributed by atoms with E-state index in [2.05, 4.69) is 10.3 Å². The molecule has 1 aliphatic heterocycles. The van der Waals surface area contributed by atoms with Crippen molar-refractivity contribution in [2.24, 2.45) is 5.92 Å². The number of hydrogen-bond donors (Lipinski definition) is 1. The standard InChI is InChI=1S/C11H13N3O2/c1-8-6-14(11(16)13-10(8)15)7-9-3-2-4-12-5-9/h2-5,8H,6-7H2,1H3,(H,13,15,16). The zero-order valence-electron chi connectivity index (χ0n) is 9.01. The van der Waals surface area contributed by atoms with E-state index in [4.69, 9.17) is 0 Å². The van der Waals surface area contributed by atoms with Crippen LogP contribution in [0.15, 0.2) is 24.5 Å². The summed E-state index contributed by atoms with van der Waals surface area (Å²) in [5, 5.41) is 2.33. The topological polar surface area (TPSA) is 62.3 Å². The van der Waals surface area contributed by atoms with Gasteiger partial charge in [0.05, 0.1) is 5.92 Å². The fourth-order valence-electron chi connectivity index (χ4n) is 1.65. The maximum absolute atomic E-state index is 11.5. The molecule has 0 radical (unpaired) electrons. The molecule has 1 saturated heterocycles. The zero-order valence-corrected chi connectivity index (χ0v) is 9.01. The Morgan fingerprint density at radius 3 is 3.06 bits per heavy atom.